The van der Waals surface area contributed by atoms with Gasteiger partial charge in [-0.3, -0.25) is 4.79 Å². The van der Waals surface area contributed by atoms with Gasteiger partial charge in [-0.2, -0.15) is 0 Å². The van der Waals surface area contributed by atoms with E-state index in [2.05, 4.69) is 17.6 Å². The van der Waals surface area contributed by atoms with Crippen molar-refractivity contribution in [2.24, 2.45) is 0 Å². The Morgan fingerprint density at radius 1 is 1.47 bits per heavy atom. The molecule has 1 aliphatic rings. The van der Waals surface area contributed by atoms with Crippen LogP contribution in [0, 0.1) is 0 Å². The summed E-state index contributed by atoms with van der Waals surface area (Å²) in [5, 5.41) is 6.42. The van der Waals surface area contributed by atoms with Crippen molar-refractivity contribution in [3.8, 4) is 0 Å². The Kier molecular flexibility index (Phi) is 6.41. The highest BCUT2D eigenvalue weighted by molar-refractivity contribution is 5.75. The summed E-state index contributed by atoms with van der Waals surface area (Å²) in [5.41, 5.74) is 0. The lowest BCUT2D eigenvalue weighted by Gasteiger charge is -2.10. The second-order valence-electron chi connectivity index (χ2n) is 4.39. The molecule has 0 spiro atoms. The minimum atomic E-state index is 0.224. The molecule has 0 radical (unpaired) electrons. The van der Waals surface area contributed by atoms with E-state index in [4.69, 9.17) is 0 Å². The standard InChI is InChI=1S/C12H24N2O/c1-2-3-4-7-12(15)14-10-8-11-6-5-9-13-11/h11,13H,2-10H2,1H3,(H,14,15)/t11-/m1/s1. The summed E-state index contributed by atoms with van der Waals surface area (Å²) < 4.78 is 0. The minimum Gasteiger partial charge on any atom is -0.356 e. The third-order valence-electron chi connectivity index (χ3n) is 2.98. The predicted molar refractivity (Wildman–Crippen MR) is 62.8 cm³/mol. The first-order chi connectivity index (χ1) is 7.33. The lowest BCUT2D eigenvalue weighted by atomic mass is 10.1. The summed E-state index contributed by atoms with van der Waals surface area (Å²) in [6, 6.07) is 0.640. The molecule has 15 heavy (non-hydrogen) atoms. The highest BCUT2D eigenvalue weighted by atomic mass is 16.1. The number of unbranched alkanes of at least 4 members (excludes halogenated alkanes) is 2. The Balaban J connectivity index is 1.91. The molecule has 0 aromatic rings. The van der Waals surface area contributed by atoms with Crippen molar-refractivity contribution in [2.75, 3.05) is 13.1 Å². The summed E-state index contributed by atoms with van der Waals surface area (Å²) in [6.45, 7) is 4.14. The van der Waals surface area contributed by atoms with Crippen LogP contribution in [0.5, 0.6) is 0 Å². The summed E-state index contributed by atoms with van der Waals surface area (Å²) >= 11 is 0. The molecule has 0 aromatic heterocycles. The zero-order valence-corrected chi connectivity index (χ0v) is 9.85. The third-order valence-corrected chi connectivity index (χ3v) is 2.98. The lowest BCUT2D eigenvalue weighted by molar-refractivity contribution is -0.121. The number of carbonyl (C=O) groups is 1. The van der Waals surface area contributed by atoms with Gasteiger partial charge in [-0.1, -0.05) is 19.8 Å². The Hall–Kier alpha value is -0.570. The second kappa shape index (κ2) is 7.69. The van der Waals surface area contributed by atoms with Gasteiger partial charge in [0.15, 0.2) is 0 Å². The molecule has 3 heteroatoms. The smallest absolute Gasteiger partial charge is 0.219 e. The monoisotopic (exact) mass is 212 g/mol. The summed E-state index contributed by atoms with van der Waals surface area (Å²) in [6.07, 6.45) is 7.72. The quantitative estimate of drug-likeness (QED) is 0.632. The fourth-order valence-corrected chi connectivity index (χ4v) is 2.01. The number of rotatable bonds is 7. The van der Waals surface area contributed by atoms with Gasteiger partial charge in [-0.25, -0.2) is 0 Å². The molecule has 1 amide bonds. The van der Waals surface area contributed by atoms with Crippen molar-refractivity contribution in [1.29, 1.82) is 0 Å². The van der Waals surface area contributed by atoms with Crippen molar-refractivity contribution in [2.45, 2.75) is 57.9 Å². The first kappa shape index (κ1) is 12.5. The van der Waals surface area contributed by atoms with E-state index in [1.165, 1.54) is 19.3 Å². The van der Waals surface area contributed by atoms with Crippen LogP contribution in [-0.2, 0) is 4.79 Å². The SMILES string of the molecule is CCCCCC(=O)NCC[C@H]1CCCN1. The predicted octanol–water partition coefficient (Wildman–Crippen LogP) is 1.82. The molecule has 1 atom stereocenters. The van der Waals surface area contributed by atoms with Crippen LogP contribution < -0.4 is 10.6 Å². The van der Waals surface area contributed by atoms with Crippen LogP contribution in [0.25, 0.3) is 0 Å². The zero-order chi connectivity index (χ0) is 10.9. The molecule has 1 heterocycles. The fourth-order valence-electron chi connectivity index (χ4n) is 2.01. The van der Waals surface area contributed by atoms with Gasteiger partial charge in [0.2, 0.25) is 5.91 Å². The summed E-state index contributed by atoms with van der Waals surface area (Å²) in [5.74, 6) is 0.224. The minimum absolute atomic E-state index is 0.224. The van der Waals surface area contributed by atoms with Crippen LogP contribution >= 0.6 is 0 Å². The topological polar surface area (TPSA) is 41.1 Å². The van der Waals surface area contributed by atoms with E-state index >= 15 is 0 Å². The Labute approximate surface area is 93.0 Å². The number of hydrogen-bond acceptors (Lipinski definition) is 2. The molecule has 88 valence electrons. The molecule has 3 nitrogen and oxygen atoms in total. The maximum atomic E-state index is 11.4. The van der Waals surface area contributed by atoms with Gasteiger partial charge in [0.1, 0.15) is 0 Å². The van der Waals surface area contributed by atoms with E-state index in [-0.39, 0.29) is 5.91 Å². The molecule has 1 aliphatic heterocycles. The lowest BCUT2D eigenvalue weighted by Crippen LogP contribution is -2.30. The van der Waals surface area contributed by atoms with Gasteiger partial charge < -0.3 is 10.6 Å². The molecular weight excluding hydrogens is 188 g/mol. The second-order valence-corrected chi connectivity index (χ2v) is 4.39. The first-order valence-electron chi connectivity index (χ1n) is 6.33. The number of amides is 1. The van der Waals surface area contributed by atoms with E-state index in [9.17, 15) is 4.79 Å². The van der Waals surface area contributed by atoms with Crippen LogP contribution in [0.4, 0.5) is 0 Å². The molecule has 2 N–H and O–H groups in total. The average molecular weight is 212 g/mol. The van der Waals surface area contributed by atoms with Gasteiger partial charge in [0, 0.05) is 19.0 Å². The maximum Gasteiger partial charge on any atom is 0.219 e. The summed E-state index contributed by atoms with van der Waals surface area (Å²) in [7, 11) is 0. The van der Waals surface area contributed by atoms with E-state index in [1.54, 1.807) is 0 Å². The van der Waals surface area contributed by atoms with Gasteiger partial charge >= 0.3 is 0 Å². The van der Waals surface area contributed by atoms with Crippen LogP contribution in [-0.4, -0.2) is 25.0 Å². The molecule has 0 saturated carbocycles. The Morgan fingerprint density at radius 3 is 3.00 bits per heavy atom. The number of hydrogen-bond donors (Lipinski definition) is 2. The Bertz CT molecular complexity index is 176. The molecule has 0 aromatic carbocycles. The summed E-state index contributed by atoms with van der Waals surface area (Å²) in [4.78, 5) is 11.4. The first-order valence-corrected chi connectivity index (χ1v) is 6.33. The van der Waals surface area contributed by atoms with E-state index in [0.29, 0.717) is 12.5 Å². The van der Waals surface area contributed by atoms with Gasteiger partial charge in [-0.15, -0.1) is 0 Å². The average Bonchev–Trinajstić information content (AvgIpc) is 2.71. The van der Waals surface area contributed by atoms with E-state index in [0.717, 1.165) is 32.4 Å². The van der Waals surface area contributed by atoms with Crippen LogP contribution in [0.1, 0.15) is 51.9 Å². The van der Waals surface area contributed by atoms with Crippen LogP contribution in [0.15, 0.2) is 0 Å². The molecule has 0 bridgehead atoms. The van der Waals surface area contributed by atoms with Crippen LogP contribution in [0.2, 0.25) is 0 Å². The van der Waals surface area contributed by atoms with Gasteiger partial charge in [-0.05, 0) is 32.2 Å². The molecule has 1 fully saturated rings. The zero-order valence-electron chi connectivity index (χ0n) is 9.85. The van der Waals surface area contributed by atoms with Crippen molar-refractivity contribution < 1.29 is 4.79 Å². The maximum absolute atomic E-state index is 11.4. The third kappa shape index (κ3) is 5.78. The fraction of sp³-hybridized carbons (Fsp3) is 0.917. The van der Waals surface area contributed by atoms with Crippen LogP contribution in [0.3, 0.4) is 0 Å². The molecule has 0 aliphatic carbocycles. The van der Waals surface area contributed by atoms with Gasteiger partial charge in [0.05, 0.1) is 0 Å². The van der Waals surface area contributed by atoms with Crippen molar-refractivity contribution in [3.05, 3.63) is 0 Å². The van der Waals surface area contributed by atoms with Crippen molar-refractivity contribution in [1.82, 2.24) is 10.6 Å². The van der Waals surface area contributed by atoms with E-state index in [1.807, 2.05) is 0 Å². The molecule has 1 saturated heterocycles. The van der Waals surface area contributed by atoms with E-state index < -0.39 is 0 Å². The Morgan fingerprint density at radius 2 is 2.33 bits per heavy atom. The van der Waals surface area contributed by atoms with Gasteiger partial charge in [0.25, 0.3) is 0 Å². The molecule has 0 unspecified atom stereocenters. The highest BCUT2D eigenvalue weighted by Crippen LogP contribution is 2.07. The molecule has 1 rings (SSSR count). The number of nitrogens with one attached hydrogen (secondary N) is 2. The molecular formula is C12H24N2O. The highest BCUT2D eigenvalue weighted by Gasteiger charge is 2.13. The number of carbonyl (C=O) groups excluding carboxylic acids is 1. The van der Waals surface area contributed by atoms with Crippen molar-refractivity contribution >= 4 is 5.91 Å². The largest absolute Gasteiger partial charge is 0.356 e. The van der Waals surface area contributed by atoms with Crippen molar-refractivity contribution in [3.63, 3.8) is 0 Å². The normalized spacial score (nSPS) is 20.5.